The van der Waals surface area contributed by atoms with Gasteiger partial charge in [-0.1, -0.05) is 6.07 Å². The first-order valence-electron chi connectivity index (χ1n) is 12.0. The molecule has 2 atom stereocenters. The summed E-state index contributed by atoms with van der Waals surface area (Å²) in [5, 5.41) is 4.03. The van der Waals surface area contributed by atoms with E-state index in [1.54, 1.807) is 17.5 Å². The van der Waals surface area contributed by atoms with Crippen LogP contribution in [0.5, 0.6) is 5.88 Å². The summed E-state index contributed by atoms with van der Waals surface area (Å²) in [5.74, 6) is 0.0272. The van der Waals surface area contributed by atoms with Crippen molar-refractivity contribution in [2.24, 2.45) is 0 Å². The number of fused-ring (bicyclic) bond motifs is 1. The quantitative estimate of drug-likeness (QED) is 0.584. The second-order valence-corrected chi connectivity index (χ2v) is 10.4. The molecule has 0 bridgehead atoms. The van der Waals surface area contributed by atoms with Gasteiger partial charge in [0.05, 0.1) is 30.2 Å². The van der Waals surface area contributed by atoms with Gasteiger partial charge in [0, 0.05) is 48.9 Å². The minimum Gasteiger partial charge on any atom is -0.468 e. The number of carbonyl (C=O) groups is 1. The third-order valence-electron chi connectivity index (χ3n) is 6.30. The normalized spacial score (nSPS) is 21.3. The second kappa shape index (κ2) is 11.7. The van der Waals surface area contributed by atoms with Crippen molar-refractivity contribution >= 4 is 17.2 Å². The summed E-state index contributed by atoms with van der Waals surface area (Å²) in [7, 11) is 0. The van der Waals surface area contributed by atoms with Crippen molar-refractivity contribution in [3.8, 4) is 5.88 Å². The average Bonchev–Trinajstić information content (AvgIpc) is 3.10. The fraction of sp³-hybridized carbons (Fsp3) is 0.625. The number of rotatable bonds is 8. The predicted octanol–water partition coefficient (Wildman–Crippen LogP) is 3.48. The highest BCUT2D eigenvalue weighted by molar-refractivity contribution is 7.11. The number of hydrogen-bond donors (Lipinski definition) is 1. The number of pyridine rings is 1. The molecule has 0 radical (unpaired) electrons. The predicted molar refractivity (Wildman–Crippen MR) is 126 cm³/mol. The zero-order valence-corrected chi connectivity index (χ0v) is 20.6. The van der Waals surface area contributed by atoms with Crippen molar-refractivity contribution in [3.63, 3.8) is 0 Å². The number of carbonyl (C=O) groups excluding carboxylic acids is 1. The molecule has 2 aliphatic heterocycles. The molecule has 0 unspecified atom stereocenters. The summed E-state index contributed by atoms with van der Waals surface area (Å²) in [6.45, 7) is 3.68. The topological polar surface area (TPSA) is 76.6 Å². The van der Waals surface area contributed by atoms with Crippen LogP contribution < -0.4 is 10.1 Å². The Balaban J connectivity index is 1.16. The molecule has 2 aliphatic rings. The highest BCUT2D eigenvalue weighted by Gasteiger charge is 2.29. The molecular weight excluding hydrogens is 481 g/mol. The van der Waals surface area contributed by atoms with Crippen molar-refractivity contribution in [1.82, 2.24) is 20.2 Å². The van der Waals surface area contributed by atoms with Crippen LogP contribution in [-0.4, -0.2) is 71.9 Å². The number of ether oxygens (including phenoxy) is 2. The maximum Gasteiger partial charge on any atom is 0.422 e. The Morgan fingerprint density at radius 3 is 2.83 bits per heavy atom. The van der Waals surface area contributed by atoms with Gasteiger partial charge in [0.25, 0.3) is 0 Å². The van der Waals surface area contributed by atoms with Gasteiger partial charge in [0.1, 0.15) is 0 Å². The van der Waals surface area contributed by atoms with E-state index in [2.05, 4.69) is 20.2 Å². The first-order chi connectivity index (χ1) is 16.7. The van der Waals surface area contributed by atoms with E-state index < -0.39 is 12.8 Å². The lowest BCUT2D eigenvalue weighted by Gasteiger charge is -2.31. The number of hydrogen-bond acceptors (Lipinski definition) is 7. The van der Waals surface area contributed by atoms with E-state index in [9.17, 15) is 18.0 Å². The summed E-state index contributed by atoms with van der Waals surface area (Å²) in [6.07, 6.45) is 2.09. The number of aryl methyl sites for hydroxylation is 1. The van der Waals surface area contributed by atoms with Crippen LogP contribution >= 0.6 is 11.3 Å². The van der Waals surface area contributed by atoms with Crippen molar-refractivity contribution in [1.29, 1.82) is 0 Å². The molecule has 2 aromatic heterocycles. The number of amides is 1. The molecule has 0 aromatic carbocycles. The third-order valence-corrected chi connectivity index (χ3v) is 7.21. The molecule has 1 amide bonds. The molecule has 11 heteroatoms. The lowest BCUT2D eigenvalue weighted by molar-refractivity contribution is -0.154. The minimum absolute atomic E-state index is 0.00501. The highest BCUT2D eigenvalue weighted by atomic mass is 32.1. The lowest BCUT2D eigenvalue weighted by Crippen LogP contribution is -2.44. The fourth-order valence-electron chi connectivity index (χ4n) is 4.47. The zero-order chi connectivity index (χ0) is 24.8. The molecule has 1 N–H and O–H groups in total. The van der Waals surface area contributed by atoms with Gasteiger partial charge in [-0.25, -0.2) is 9.97 Å². The number of thiazole rings is 1. The third kappa shape index (κ3) is 8.15. The Kier molecular flexibility index (Phi) is 8.61. The molecule has 1 saturated heterocycles. The Hall–Kier alpha value is -2.24. The lowest BCUT2D eigenvalue weighted by atomic mass is 10.0. The summed E-state index contributed by atoms with van der Waals surface area (Å²) in [4.78, 5) is 24.1. The van der Waals surface area contributed by atoms with Crippen LogP contribution in [0, 0.1) is 6.92 Å². The summed E-state index contributed by atoms with van der Waals surface area (Å²) < 4.78 is 48.0. The van der Waals surface area contributed by atoms with Crippen LogP contribution in [0.25, 0.3) is 0 Å². The van der Waals surface area contributed by atoms with Gasteiger partial charge in [0.15, 0.2) is 6.61 Å². The molecule has 0 aliphatic carbocycles. The molecule has 35 heavy (non-hydrogen) atoms. The van der Waals surface area contributed by atoms with Crippen molar-refractivity contribution in [3.05, 3.63) is 39.5 Å². The van der Waals surface area contributed by atoms with E-state index in [1.807, 2.05) is 13.0 Å². The Bertz CT molecular complexity index is 993. The van der Waals surface area contributed by atoms with E-state index in [1.165, 1.54) is 6.07 Å². The molecule has 4 rings (SSSR count). The summed E-state index contributed by atoms with van der Waals surface area (Å²) in [6, 6.07) is 3.39. The Morgan fingerprint density at radius 2 is 2.11 bits per heavy atom. The summed E-state index contributed by atoms with van der Waals surface area (Å²) in [5.41, 5.74) is 1.88. The average molecular weight is 513 g/mol. The maximum absolute atomic E-state index is 12.4. The van der Waals surface area contributed by atoms with E-state index in [0.29, 0.717) is 19.4 Å². The van der Waals surface area contributed by atoms with E-state index in [-0.39, 0.29) is 23.9 Å². The molecular formula is C24H31F3N4O3S. The molecule has 0 saturated carbocycles. The van der Waals surface area contributed by atoms with Crippen LogP contribution in [0.3, 0.4) is 0 Å². The van der Waals surface area contributed by atoms with Crippen LogP contribution in [0.1, 0.15) is 40.4 Å². The SMILES string of the molecule is Cc1ncc(CC(=O)N[C@H]2CC[C@H](CCN3CCc4ccc(OCC(F)(F)F)nc4CC3)OC2)s1. The number of alkyl halides is 3. The zero-order valence-electron chi connectivity index (χ0n) is 19.8. The molecule has 7 nitrogen and oxygen atoms in total. The van der Waals surface area contributed by atoms with Crippen LogP contribution in [0.15, 0.2) is 18.3 Å². The van der Waals surface area contributed by atoms with Gasteiger partial charge in [-0.15, -0.1) is 11.3 Å². The minimum atomic E-state index is -4.38. The van der Waals surface area contributed by atoms with E-state index in [0.717, 1.165) is 66.5 Å². The smallest absolute Gasteiger partial charge is 0.422 e. The van der Waals surface area contributed by atoms with Gasteiger partial charge in [-0.3, -0.25) is 4.79 Å². The highest BCUT2D eigenvalue weighted by Crippen LogP contribution is 2.22. The monoisotopic (exact) mass is 512 g/mol. The van der Waals surface area contributed by atoms with Crippen molar-refractivity contribution < 1.29 is 27.4 Å². The molecule has 0 spiro atoms. The van der Waals surface area contributed by atoms with Gasteiger partial charge < -0.3 is 19.7 Å². The Labute approximate surface area is 207 Å². The molecule has 1 fully saturated rings. The number of aromatic nitrogens is 2. The number of nitrogens with zero attached hydrogens (tertiary/aromatic N) is 3. The maximum atomic E-state index is 12.4. The van der Waals surface area contributed by atoms with Crippen LogP contribution in [0.2, 0.25) is 0 Å². The fourth-order valence-corrected chi connectivity index (χ4v) is 5.26. The molecule has 192 valence electrons. The van der Waals surface area contributed by atoms with Crippen LogP contribution in [-0.2, 0) is 28.8 Å². The second-order valence-electron chi connectivity index (χ2n) is 9.11. The Morgan fingerprint density at radius 1 is 1.29 bits per heavy atom. The standard InChI is InChI=1S/C24H31F3N4O3S/c1-16-28-13-20(35-16)12-22(32)29-18-3-4-19(33-14-18)7-10-31-9-6-17-2-5-23(30-21(17)8-11-31)34-15-24(25,26)27/h2,5,13,18-19H,3-4,6-12,14-15H2,1H3,(H,29,32)/t18-,19+/m0/s1. The first-order valence-corrected chi connectivity index (χ1v) is 12.8. The number of nitrogens with one attached hydrogen (secondary N) is 1. The molecule has 4 heterocycles. The van der Waals surface area contributed by atoms with Crippen LogP contribution in [0.4, 0.5) is 13.2 Å². The number of halogens is 3. The van der Waals surface area contributed by atoms with Gasteiger partial charge in [-0.2, -0.15) is 13.2 Å². The van der Waals surface area contributed by atoms with E-state index >= 15 is 0 Å². The summed E-state index contributed by atoms with van der Waals surface area (Å²) >= 11 is 1.54. The van der Waals surface area contributed by atoms with E-state index in [4.69, 9.17) is 9.47 Å². The van der Waals surface area contributed by atoms with Crippen molar-refractivity contribution in [2.45, 2.75) is 63.8 Å². The van der Waals surface area contributed by atoms with Gasteiger partial charge >= 0.3 is 6.18 Å². The molecule has 2 aromatic rings. The first kappa shape index (κ1) is 25.8. The van der Waals surface area contributed by atoms with Gasteiger partial charge in [0.2, 0.25) is 11.8 Å². The largest absolute Gasteiger partial charge is 0.468 e. The van der Waals surface area contributed by atoms with Gasteiger partial charge in [-0.05, 0) is 38.2 Å². The van der Waals surface area contributed by atoms with Crippen molar-refractivity contribution in [2.75, 3.05) is 32.8 Å².